The van der Waals surface area contributed by atoms with Gasteiger partial charge in [-0.3, -0.25) is 4.57 Å². The summed E-state index contributed by atoms with van der Waals surface area (Å²) in [6.07, 6.45) is 1.76. The predicted octanol–water partition coefficient (Wildman–Crippen LogP) is 4.61. The summed E-state index contributed by atoms with van der Waals surface area (Å²) >= 11 is 1.44. The molecule has 0 amide bonds. The Bertz CT molecular complexity index is 1080. The Hall–Kier alpha value is -3.26. The van der Waals surface area contributed by atoms with Crippen LogP contribution in [0.1, 0.15) is 5.89 Å². The van der Waals surface area contributed by atoms with Crippen molar-refractivity contribution in [2.45, 2.75) is 17.5 Å². The van der Waals surface area contributed by atoms with Gasteiger partial charge < -0.3 is 4.42 Å². The zero-order chi connectivity index (χ0) is 19.3. The molecule has 2 aromatic heterocycles. The van der Waals surface area contributed by atoms with Gasteiger partial charge in [-0.25, -0.2) is 4.39 Å². The van der Waals surface area contributed by atoms with Gasteiger partial charge in [-0.05, 0) is 36.4 Å². The van der Waals surface area contributed by atoms with E-state index in [1.807, 2.05) is 34.9 Å². The van der Waals surface area contributed by atoms with Crippen LogP contribution in [0.2, 0.25) is 0 Å². The molecule has 0 atom stereocenters. The van der Waals surface area contributed by atoms with E-state index in [-0.39, 0.29) is 5.82 Å². The summed E-state index contributed by atoms with van der Waals surface area (Å²) in [6, 6.07) is 15.8. The molecule has 2 aromatic carbocycles. The molecule has 8 heteroatoms. The molecular formula is C20H16FN5OS. The number of nitrogens with zero attached hydrogens (tertiary/aromatic N) is 5. The van der Waals surface area contributed by atoms with Gasteiger partial charge in [0.2, 0.25) is 11.8 Å². The summed E-state index contributed by atoms with van der Waals surface area (Å²) in [4.78, 5) is 0. The quantitative estimate of drug-likeness (QED) is 0.337. The fourth-order valence-corrected chi connectivity index (χ4v) is 3.42. The summed E-state index contributed by atoms with van der Waals surface area (Å²) < 4.78 is 20.9. The molecule has 4 aromatic rings. The zero-order valence-electron chi connectivity index (χ0n) is 14.8. The largest absolute Gasteiger partial charge is 0.420 e. The maximum absolute atomic E-state index is 13.2. The van der Waals surface area contributed by atoms with Crippen molar-refractivity contribution in [3.63, 3.8) is 0 Å². The number of thioether (sulfide) groups is 1. The van der Waals surface area contributed by atoms with E-state index >= 15 is 0 Å². The average molecular weight is 393 g/mol. The van der Waals surface area contributed by atoms with Crippen LogP contribution in [0.25, 0.3) is 22.8 Å². The van der Waals surface area contributed by atoms with E-state index < -0.39 is 0 Å². The lowest BCUT2D eigenvalue weighted by Crippen LogP contribution is -2.00. The summed E-state index contributed by atoms with van der Waals surface area (Å²) in [6.45, 7) is 4.32. The molecule has 0 aliphatic carbocycles. The third kappa shape index (κ3) is 3.86. The minimum atomic E-state index is -0.293. The van der Waals surface area contributed by atoms with Crippen molar-refractivity contribution < 1.29 is 8.81 Å². The van der Waals surface area contributed by atoms with Crippen LogP contribution in [-0.2, 0) is 12.3 Å². The SMILES string of the molecule is C=CCn1c(SCc2nnc(-c3ccccc3)o2)nnc1-c1ccc(F)cc1. The Kier molecular flexibility index (Phi) is 5.29. The Balaban J connectivity index is 1.53. The highest BCUT2D eigenvalue weighted by Crippen LogP contribution is 2.27. The van der Waals surface area contributed by atoms with Gasteiger partial charge in [0, 0.05) is 17.7 Å². The smallest absolute Gasteiger partial charge is 0.247 e. The highest BCUT2D eigenvalue weighted by molar-refractivity contribution is 7.98. The molecule has 0 unspecified atom stereocenters. The minimum absolute atomic E-state index is 0.293. The van der Waals surface area contributed by atoms with Crippen molar-refractivity contribution >= 4 is 11.8 Å². The minimum Gasteiger partial charge on any atom is -0.420 e. The van der Waals surface area contributed by atoms with Crippen LogP contribution in [0.5, 0.6) is 0 Å². The molecule has 0 spiro atoms. The molecule has 28 heavy (non-hydrogen) atoms. The van der Waals surface area contributed by atoms with Crippen molar-refractivity contribution in [3.8, 4) is 22.8 Å². The first-order valence-corrected chi connectivity index (χ1v) is 9.54. The van der Waals surface area contributed by atoms with E-state index in [9.17, 15) is 4.39 Å². The predicted molar refractivity (Wildman–Crippen MR) is 105 cm³/mol. The molecule has 0 fully saturated rings. The monoisotopic (exact) mass is 393 g/mol. The molecule has 0 radical (unpaired) electrons. The van der Waals surface area contributed by atoms with Crippen LogP contribution in [0.4, 0.5) is 4.39 Å². The number of benzene rings is 2. The summed E-state index contributed by atoms with van der Waals surface area (Å²) in [5, 5.41) is 17.4. The number of hydrogen-bond acceptors (Lipinski definition) is 6. The van der Waals surface area contributed by atoms with Crippen LogP contribution in [0, 0.1) is 5.82 Å². The second-order valence-corrected chi connectivity index (χ2v) is 6.81. The van der Waals surface area contributed by atoms with Crippen LogP contribution >= 0.6 is 11.8 Å². The lowest BCUT2D eigenvalue weighted by Gasteiger charge is -2.07. The van der Waals surface area contributed by atoms with Crippen molar-refractivity contribution in [1.82, 2.24) is 25.0 Å². The van der Waals surface area contributed by atoms with Crippen molar-refractivity contribution in [2.24, 2.45) is 0 Å². The molecular weight excluding hydrogens is 377 g/mol. The third-order valence-corrected chi connectivity index (χ3v) is 4.89. The number of allylic oxidation sites excluding steroid dienone is 1. The first kappa shape index (κ1) is 18.1. The highest BCUT2D eigenvalue weighted by Gasteiger charge is 2.15. The standard InChI is InChI=1S/C20H16FN5OS/c1-2-12-26-18(14-8-10-16(21)11-9-14)23-25-20(26)28-13-17-22-24-19(27-17)15-6-4-3-5-7-15/h2-11H,1,12-13H2. The molecule has 0 N–H and O–H groups in total. The van der Waals surface area contributed by atoms with Gasteiger partial charge in [-0.1, -0.05) is 36.0 Å². The molecule has 0 bridgehead atoms. The molecule has 0 saturated carbocycles. The third-order valence-electron chi connectivity index (χ3n) is 3.94. The van der Waals surface area contributed by atoms with Crippen LogP contribution in [0.3, 0.4) is 0 Å². The van der Waals surface area contributed by atoms with Gasteiger partial charge >= 0.3 is 0 Å². The number of hydrogen-bond donors (Lipinski definition) is 0. The fourth-order valence-electron chi connectivity index (χ4n) is 2.64. The normalized spacial score (nSPS) is 10.9. The Labute approximate surface area is 165 Å². The van der Waals surface area contributed by atoms with Gasteiger partial charge in [0.1, 0.15) is 5.82 Å². The maximum Gasteiger partial charge on any atom is 0.247 e. The molecule has 140 valence electrons. The lowest BCUT2D eigenvalue weighted by atomic mass is 10.2. The lowest BCUT2D eigenvalue weighted by molar-refractivity contribution is 0.528. The van der Waals surface area contributed by atoms with Crippen molar-refractivity contribution in [3.05, 3.63) is 79.0 Å². The van der Waals surface area contributed by atoms with E-state index in [1.54, 1.807) is 18.2 Å². The molecule has 6 nitrogen and oxygen atoms in total. The van der Waals surface area contributed by atoms with Gasteiger partial charge in [0.25, 0.3) is 0 Å². The van der Waals surface area contributed by atoms with Gasteiger partial charge in [0.05, 0.1) is 5.75 Å². The summed E-state index contributed by atoms with van der Waals surface area (Å²) in [7, 11) is 0. The van der Waals surface area contributed by atoms with Crippen molar-refractivity contribution in [2.75, 3.05) is 0 Å². The second-order valence-electron chi connectivity index (χ2n) is 5.87. The molecule has 0 aliphatic rings. The number of halogens is 1. The first-order valence-electron chi connectivity index (χ1n) is 8.55. The van der Waals surface area contributed by atoms with Crippen LogP contribution in [-0.4, -0.2) is 25.0 Å². The first-order chi connectivity index (χ1) is 13.7. The summed E-state index contributed by atoms with van der Waals surface area (Å²) in [5.74, 6) is 1.80. The maximum atomic E-state index is 13.2. The van der Waals surface area contributed by atoms with Gasteiger partial charge in [-0.2, -0.15) is 0 Å². The fraction of sp³-hybridized carbons (Fsp3) is 0.100. The van der Waals surface area contributed by atoms with E-state index in [1.165, 1.54) is 23.9 Å². The molecule has 4 rings (SSSR count). The molecule has 0 aliphatic heterocycles. The second kappa shape index (κ2) is 8.18. The Morgan fingerprint density at radius 2 is 1.75 bits per heavy atom. The van der Waals surface area contributed by atoms with Crippen LogP contribution < -0.4 is 0 Å². The van der Waals surface area contributed by atoms with E-state index in [0.29, 0.717) is 35.1 Å². The van der Waals surface area contributed by atoms with E-state index in [4.69, 9.17) is 4.42 Å². The topological polar surface area (TPSA) is 69.6 Å². The number of rotatable bonds is 7. The van der Waals surface area contributed by atoms with Crippen molar-refractivity contribution in [1.29, 1.82) is 0 Å². The van der Waals surface area contributed by atoms with Gasteiger partial charge in [0.15, 0.2) is 11.0 Å². The van der Waals surface area contributed by atoms with Gasteiger partial charge in [-0.15, -0.1) is 27.0 Å². The zero-order valence-corrected chi connectivity index (χ0v) is 15.6. The number of aromatic nitrogens is 5. The summed E-state index contributed by atoms with van der Waals surface area (Å²) in [5.41, 5.74) is 1.66. The molecule has 2 heterocycles. The highest BCUT2D eigenvalue weighted by atomic mass is 32.2. The Morgan fingerprint density at radius 1 is 0.964 bits per heavy atom. The average Bonchev–Trinajstić information content (AvgIpc) is 3.35. The Morgan fingerprint density at radius 3 is 2.50 bits per heavy atom. The van der Waals surface area contributed by atoms with E-state index in [2.05, 4.69) is 27.0 Å². The van der Waals surface area contributed by atoms with Crippen LogP contribution in [0.15, 0.2) is 76.8 Å². The molecule has 0 saturated heterocycles. The van der Waals surface area contributed by atoms with E-state index in [0.717, 1.165) is 11.1 Å².